The second-order valence-corrected chi connectivity index (χ2v) is 4.15. The van der Waals surface area contributed by atoms with E-state index >= 15 is 0 Å². The molecule has 1 saturated heterocycles. The predicted octanol–water partition coefficient (Wildman–Crippen LogP) is 2.47. The number of carbonyl (C=O) groups excluding carboxylic acids is 1. The van der Waals surface area contributed by atoms with Gasteiger partial charge < -0.3 is 10.6 Å². The molecule has 1 aliphatic heterocycles. The standard InChI is InChI=1S/C12H14F2N2O.ClH/c13-8-5-9(14)7-10(6-8)16-12(17)11-3-1-2-4-15-11;/h5-7,11,15H,1-4H2,(H,16,17);1H. The van der Waals surface area contributed by atoms with Gasteiger partial charge in [0, 0.05) is 11.8 Å². The van der Waals surface area contributed by atoms with Crippen LogP contribution in [0.25, 0.3) is 0 Å². The first-order valence-electron chi connectivity index (χ1n) is 5.65. The summed E-state index contributed by atoms with van der Waals surface area (Å²) in [6, 6.07) is 2.71. The summed E-state index contributed by atoms with van der Waals surface area (Å²) in [5, 5.41) is 5.58. The fourth-order valence-corrected chi connectivity index (χ4v) is 1.93. The van der Waals surface area contributed by atoms with Gasteiger partial charge in [0.05, 0.1) is 6.04 Å². The van der Waals surface area contributed by atoms with Crippen LogP contribution in [0, 0.1) is 11.6 Å². The van der Waals surface area contributed by atoms with E-state index < -0.39 is 11.6 Å². The lowest BCUT2D eigenvalue weighted by atomic mass is 10.0. The van der Waals surface area contributed by atoms with E-state index in [1.165, 1.54) is 0 Å². The van der Waals surface area contributed by atoms with Gasteiger partial charge >= 0.3 is 0 Å². The minimum absolute atomic E-state index is 0. The number of nitrogens with one attached hydrogen (secondary N) is 2. The lowest BCUT2D eigenvalue weighted by Crippen LogP contribution is -2.43. The molecule has 100 valence electrons. The molecule has 1 aromatic carbocycles. The fourth-order valence-electron chi connectivity index (χ4n) is 1.93. The summed E-state index contributed by atoms with van der Waals surface area (Å²) < 4.78 is 25.8. The van der Waals surface area contributed by atoms with Gasteiger partial charge in [0.15, 0.2) is 0 Å². The number of hydrogen-bond donors (Lipinski definition) is 2. The second kappa shape index (κ2) is 6.66. The van der Waals surface area contributed by atoms with Crippen molar-refractivity contribution >= 4 is 24.0 Å². The number of hydrogen-bond acceptors (Lipinski definition) is 2. The van der Waals surface area contributed by atoms with Crippen molar-refractivity contribution in [1.82, 2.24) is 5.32 Å². The molecule has 0 radical (unpaired) electrons. The largest absolute Gasteiger partial charge is 0.325 e. The number of anilines is 1. The maximum Gasteiger partial charge on any atom is 0.241 e. The van der Waals surface area contributed by atoms with E-state index in [9.17, 15) is 13.6 Å². The predicted molar refractivity (Wildman–Crippen MR) is 67.9 cm³/mol. The van der Waals surface area contributed by atoms with E-state index in [-0.39, 0.29) is 30.0 Å². The van der Waals surface area contributed by atoms with Crippen molar-refractivity contribution in [3.05, 3.63) is 29.8 Å². The maximum absolute atomic E-state index is 12.9. The van der Waals surface area contributed by atoms with Crippen LogP contribution in [0.5, 0.6) is 0 Å². The van der Waals surface area contributed by atoms with E-state index in [0.717, 1.165) is 44.0 Å². The van der Waals surface area contributed by atoms with Crippen molar-refractivity contribution in [2.75, 3.05) is 11.9 Å². The Labute approximate surface area is 110 Å². The highest BCUT2D eigenvalue weighted by atomic mass is 35.5. The highest BCUT2D eigenvalue weighted by Gasteiger charge is 2.20. The van der Waals surface area contributed by atoms with E-state index in [1.807, 2.05) is 0 Å². The van der Waals surface area contributed by atoms with E-state index in [1.54, 1.807) is 0 Å². The third-order valence-electron chi connectivity index (χ3n) is 2.76. The normalized spacial score (nSPS) is 18.9. The van der Waals surface area contributed by atoms with Gasteiger partial charge in [-0.3, -0.25) is 4.79 Å². The molecule has 1 unspecified atom stereocenters. The van der Waals surface area contributed by atoms with Crippen molar-refractivity contribution in [1.29, 1.82) is 0 Å². The monoisotopic (exact) mass is 276 g/mol. The second-order valence-electron chi connectivity index (χ2n) is 4.15. The minimum atomic E-state index is -0.697. The molecule has 0 aromatic heterocycles. The average molecular weight is 277 g/mol. The highest BCUT2D eigenvalue weighted by molar-refractivity contribution is 5.94. The van der Waals surface area contributed by atoms with Gasteiger partial charge in [0.2, 0.25) is 5.91 Å². The molecular weight excluding hydrogens is 262 g/mol. The molecule has 0 saturated carbocycles. The van der Waals surface area contributed by atoms with Crippen molar-refractivity contribution in [3.8, 4) is 0 Å². The summed E-state index contributed by atoms with van der Waals surface area (Å²) in [5.74, 6) is -1.64. The van der Waals surface area contributed by atoms with Crippen LogP contribution in [0.3, 0.4) is 0 Å². The number of rotatable bonds is 2. The van der Waals surface area contributed by atoms with Crippen LogP contribution in [0.4, 0.5) is 14.5 Å². The first-order valence-corrected chi connectivity index (χ1v) is 5.65. The first kappa shape index (κ1) is 14.9. The Balaban J connectivity index is 0.00000162. The Kier molecular flexibility index (Phi) is 5.50. The molecule has 0 bridgehead atoms. The quantitative estimate of drug-likeness (QED) is 0.871. The molecule has 1 amide bonds. The number of amides is 1. The molecule has 1 heterocycles. The van der Waals surface area contributed by atoms with Gasteiger partial charge in [0.1, 0.15) is 11.6 Å². The van der Waals surface area contributed by atoms with Gasteiger partial charge in [0.25, 0.3) is 0 Å². The third-order valence-corrected chi connectivity index (χ3v) is 2.76. The lowest BCUT2D eigenvalue weighted by Gasteiger charge is -2.22. The average Bonchev–Trinajstić information content (AvgIpc) is 2.28. The summed E-state index contributed by atoms with van der Waals surface area (Å²) in [5.41, 5.74) is 0.153. The van der Waals surface area contributed by atoms with Crippen LogP contribution >= 0.6 is 12.4 Å². The molecule has 0 spiro atoms. The van der Waals surface area contributed by atoms with Crippen LogP contribution in [0.15, 0.2) is 18.2 Å². The fraction of sp³-hybridized carbons (Fsp3) is 0.417. The number of carbonyl (C=O) groups is 1. The van der Waals surface area contributed by atoms with Crippen LogP contribution in [-0.2, 0) is 4.79 Å². The van der Waals surface area contributed by atoms with Crippen LogP contribution < -0.4 is 10.6 Å². The molecule has 2 N–H and O–H groups in total. The van der Waals surface area contributed by atoms with E-state index in [2.05, 4.69) is 10.6 Å². The topological polar surface area (TPSA) is 41.1 Å². The molecule has 0 aliphatic carbocycles. The molecule has 1 atom stereocenters. The van der Waals surface area contributed by atoms with Gasteiger partial charge in [-0.25, -0.2) is 8.78 Å². The Morgan fingerprint density at radius 2 is 1.89 bits per heavy atom. The Bertz CT molecular complexity index is 402. The zero-order valence-corrected chi connectivity index (χ0v) is 10.5. The van der Waals surface area contributed by atoms with Crippen molar-refractivity contribution in [2.24, 2.45) is 0 Å². The van der Waals surface area contributed by atoms with Crippen LogP contribution in [0.1, 0.15) is 19.3 Å². The Morgan fingerprint density at radius 1 is 1.22 bits per heavy atom. The molecule has 1 aliphatic rings. The SMILES string of the molecule is Cl.O=C(Nc1cc(F)cc(F)c1)C1CCCCN1. The van der Waals surface area contributed by atoms with Crippen molar-refractivity contribution in [2.45, 2.75) is 25.3 Å². The van der Waals surface area contributed by atoms with Gasteiger partial charge in [-0.15, -0.1) is 12.4 Å². The molecule has 18 heavy (non-hydrogen) atoms. The molecule has 3 nitrogen and oxygen atoms in total. The van der Waals surface area contributed by atoms with E-state index in [4.69, 9.17) is 0 Å². The molecular formula is C12H15ClF2N2O. The Hall–Kier alpha value is -1.20. The molecule has 1 aromatic rings. The summed E-state index contributed by atoms with van der Waals surface area (Å²) in [4.78, 5) is 11.8. The molecule has 1 fully saturated rings. The van der Waals surface area contributed by atoms with Gasteiger partial charge in [-0.05, 0) is 31.5 Å². The van der Waals surface area contributed by atoms with Crippen molar-refractivity contribution < 1.29 is 13.6 Å². The number of piperidine rings is 1. The van der Waals surface area contributed by atoms with E-state index in [0.29, 0.717) is 0 Å². The molecule has 6 heteroatoms. The summed E-state index contributed by atoms with van der Waals surface area (Å²) in [7, 11) is 0. The summed E-state index contributed by atoms with van der Waals surface area (Å²) in [6.45, 7) is 0.801. The van der Waals surface area contributed by atoms with Crippen LogP contribution in [-0.4, -0.2) is 18.5 Å². The smallest absolute Gasteiger partial charge is 0.241 e. The third kappa shape index (κ3) is 3.92. The van der Waals surface area contributed by atoms with Gasteiger partial charge in [-0.1, -0.05) is 6.42 Å². The maximum atomic E-state index is 12.9. The summed E-state index contributed by atoms with van der Waals surface area (Å²) in [6.07, 6.45) is 2.80. The van der Waals surface area contributed by atoms with Crippen LogP contribution in [0.2, 0.25) is 0 Å². The zero-order valence-electron chi connectivity index (χ0n) is 9.71. The highest BCUT2D eigenvalue weighted by Crippen LogP contribution is 2.14. The number of benzene rings is 1. The lowest BCUT2D eigenvalue weighted by molar-refractivity contribution is -0.118. The zero-order chi connectivity index (χ0) is 12.3. The molecule has 2 rings (SSSR count). The summed E-state index contributed by atoms with van der Waals surface area (Å²) >= 11 is 0. The van der Waals surface area contributed by atoms with Crippen molar-refractivity contribution in [3.63, 3.8) is 0 Å². The Morgan fingerprint density at radius 3 is 2.44 bits per heavy atom. The number of halogens is 3. The van der Waals surface area contributed by atoms with Gasteiger partial charge in [-0.2, -0.15) is 0 Å². The first-order chi connectivity index (χ1) is 8.15. The minimum Gasteiger partial charge on any atom is -0.325 e.